The molecule has 20 heavy (non-hydrogen) atoms. The normalized spacial score (nSPS) is 14.1. The molecule has 0 spiro atoms. The Hall–Kier alpha value is -0.590. The zero-order chi connectivity index (χ0) is 15.6. The van der Waals surface area contributed by atoms with E-state index >= 15 is 0 Å². The Bertz CT molecular complexity index is 562. The van der Waals surface area contributed by atoms with E-state index in [4.69, 9.17) is 10.5 Å². The Balaban J connectivity index is 2.77. The summed E-state index contributed by atoms with van der Waals surface area (Å²) in [7, 11) is -3.17. The van der Waals surface area contributed by atoms with Crippen LogP contribution in [0.15, 0.2) is 22.7 Å². The van der Waals surface area contributed by atoms with E-state index in [0.717, 1.165) is 10.0 Å². The van der Waals surface area contributed by atoms with Crippen molar-refractivity contribution in [3.05, 3.63) is 28.2 Å². The highest BCUT2D eigenvalue weighted by Gasteiger charge is 2.28. The van der Waals surface area contributed by atoms with E-state index in [0.29, 0.717) is 5.75 Å². The molecule has 4 nitrogen and oxygen atoms in total. The first-order valence-corrected chi connectivity index (χ1v) is 8.89. The molecule has 0 radical (unpaired) electrons. The molecule has 0 aliphatic heterocycles. The van der Waals surface area contributed by atoms with Crippen LogP contribution >= 0.6 is 15.9 Å². The molecule has 1 rings (SSSR count). The fourth-order valence-corrected chi connectivity index (χ4v) is 2.87. The summed E-state index contributed by atoms with van der Waals surface area (Å²) in [5.41, 5.74) is 6.75. The molecule has 1 aromatic rings. The van der Waals surface area contributed by atoms with Crippen LogP contribution in [0.4, 0.5) is 0 Å². The second-order valence-corrected chi connectivity index (χ2v) is 9.53. The lowest BCUT2D eigenvalue weighted by atomic mass is 10.1. The number of hydrogen-bond donors (Lipinski definition) is 1. The maximum Gasteiger partial charge on any atom is 0.158 e. The molecule has 1 aromatic carbocycles. The molecule has 0 saturated carbocycles. The lowest BCUT2D eigenvalue weighted by Gasteiger charge is -2.20. The van der Waals surface area contributed by atoms with Gasteiger partial charge in [-0.2, -0.15) is 0 Å². The van der Waals surface area contributed by atoms with Crippen molar-refractivity contribution in [1.29, 1.82) is 0 Å². The molecule has 0 bridgehead atoms. The smallest absolute Gasteiger partial charge is 0.158 e. The molecule has 6 heteroatoms. The van der Waals surface area contributed by atoms with Crippen LogP contribution in [0.5, 0.6) is 5.75 Å². The first-order valence-electron chi connectivity index (χ1n) is 6.45. The van der Waals surface area contributed by atoms with Crippen LogP contribution < -0.4 is 10.5 Å². The van der Waals surface area contributed by atoms with Gasteiger partial charge in [0, 0.05) is 16.1 Å². The van der Waals surface area contributed by atoms with Crippen molar-refractivity contribution in [2.45, 2.75) is 38.5 Å². The Labute approximate surface area is 129 Å². The molecular weight excluding hydrogens is 342 g/mol. The highest BCUT2D eigenvalue weighted by atomic mass is 79.9. The van der Waals surface area contributed by atoms with Gasteiger partial charge in [-0.15, -0.1) is 0 Å². The van der Waals surface area contributed by atoms with Crippen LogP contribution in [0.3, 0.4) is 0 Å². The predicted molar refractivity (Wildman–Crippen MR) is 85.8 cm³/mol. The van der Waals surface area contributed by atoms with Crippen molar-refractivity contribution >= 4 is 25.8 Å². The van der Waals surface area contributed by atoms with Gasteiger partial charge in [0.2, 0.25) is 0 Å². The van der Waals surface area contributed by atoms with Crippen LogP contribution in [0.2, 0.25) is 0 Å². The molecule has 0 saturated heterocycles. The number of hydrogen-bond acceptors (Lipinski definition) is 4. The molecule has 1 atom stereocenters. The van der Waals surface area contributed by atoms with Gasteiger partial charge in [0.05, 0.1) is 10.5 Å². The van der Waals surface area contributed by atoms with Gasteiger partial charge in [0.25, 0.3) is 0 Å². The van der Waals surface area contributed by atoms with Crippen LogP contribution in [-0.4, -0.2) is 25.5 Å². The second-order valence-electron chi connectivity index (χ2n) is 5.75. The topological polar surface area (TPSA) is 69.4 Å². The number of ether oxygens (including phenoxy) is 1. The van der Waals surface area contributed by atoms with Crippen molar-refractivity contribution in [2.24, 2.45) is 5.73 Å². The molecule has 0 aromatic heterocycles. The van der Waals surface area contributed by atoms with Crippen molar-refractivity contribution in [3.8, 4) is 5.75 Å². The molecular formula is C14H22BrNO3S. The van der Waals surface area contributed by atoms with Crippen LogP contribution in [0, 0.1) is 0 Å². The third-order valence-electron chi connectivity index (χ3n) is 3.01. The minimum atomic E-state index is -3.17. The van der Waals surface area contributed by atoms with Crippen LogP contribution in [0.1, 0.15) is 39.3 Å². The summed E-state index contributed by atoms with van der Waals surface area (Å²) >= 11 is 3.38. The minimum absolute atomic E-state index is 0.00897. The van der Waals surface area contributed by atoms with Crippen molar-refractivity contribution in [1.82, 2.24) is 0 Å². The van der Waals surface area contributed by atoms with E-state index in [1.54, 1.807) is 26.8 Å². The summed E-state index contributed by atoms with van der Waals surface area (Å²) in [4.78, 5) is 0. The average molecular weight is 364 g/mol. The Kier molecular flexibility index (Phi) is 5.63. The summed E-state index contributed by atoms with van der Waals surface area (Å²) < 4.78 is 29.8. The third kappa shape index (κ3) is 4.46. The lowest BCUT2D eigenvalue weighted by molar-refractivity contribution is 0.334. The second kappa shape index (κ2) is 6.45. The Morgan fingerprint density at radius 1 is 1.35 bits per heavy atom. The number of benzene rings is 1. The zero-order valence-corrected chi connectivity index (χ0v) is 14.7. The van der Waals surface area contributed by atoms with Crippen molar-refractivity contribution in [2.75, 3.05) is 12.4 Å². The van der Waals surface area contributed by atoms with E-state index in [1.165, 1.54) is 0 Å². The van der Waals surface area contributed by atoms with Gasteiger partial charge >= 0.3 is 0 Å². The van der Waals surface area contributed by atoms with Gasteiger partial charge in [-0.3, -0.25) is 0 Å². The molecule has 0 amide bonds. The number of nitrogens with two attached hydrogens (primary N) is 1. The minimum Gasteiger partial charge on any atom is -0.492 e. The summed E-state index contributed by atoms with van der Waals surface area (Å²) in [6, 6.07) is 5.35. The monoisotopic (exact) mass is 363 g/mol. The van der Waals surface area contributed by atoms with E-state index in [1.807, 2.05) is 19.1 Å². The van der Waals surface area contributed by atoms with Crippen LogP contribution in [-0.2, 0) is 9.84 Å². The first-order chi connectivity index (χ1) is 9.04. The molecule has 0 heterocycles. The SMILES string of the molecule is C[C@H](N)c1cc(Br)ccc1OCCS(=O)(=O)C(C)(C)C. The average Bonchev–Trinajstić information content (AvgIpc) is 2.29. The van der Waals surface area contributed by atoms with Gasteiger partial charge in [-0.25, -0.2) is 8.42 Å². The van der Waals surface area contributed by atoms with Crippen LogP contribution in [0.25, 0.3) is 0 Å². The van der Waals surface area contributed by atoms with E-state index in [9.17, 15) is 8.42 Å². The van der Waals surface area contributed by atoms with Gasteiger partial charge in [-0.1, -0.05) is 15.9 Å². The van der Waals surface area contributed by atoms with E-state index < -0.39 is 14.6 Å². The van der Waals surface area contributed by atoms with Crippen molar-refractivity contribution < 1.29 is 13.2 Å². The Morgan fingerprint density at radius 3 is 2.45 bits per heavy atom. The fourth-order valence-electron chi connectivity index (χ4n) is 1.57. The van der Waals surface area contributed by atoms with Gasteiger partial charge in [0.15, 0.2) is 9.84 Å². The molecule has 0 fully saturated rings. The highest BCUT2D eigenvalue weighted by Crippen LogP contribution is 2.27. The molecule has 0 aliphatic rings. The van der Waals surface area contributed by atoms with Gasteiger partial charge in [0.1, 0.15) is 12.4 Å². The fraction of sp³-hybridized carbons (Fsp3) is 0.571. The third-order valence-corrected chi connectivity index (χ3v) is 6.07. The standard InChI is InChI=1S/C14H22BrNO3S/c1-10(16)12-9-11(15)5-6-13(12)19-7-8-20(17,18)14(2,3)4/h5-6,9-10H,7-8,16H2,1-4H3/t10-/m0/s1. The highest BCUT2D eigenvalue weighted by molar-refractivity contribution is 9.10. The molecule has 2 N–H and O–H groups in total. The zero-order valence-electron chi connectivity index (χ0n) is 12.3. The summed E-state index contributed by atoms with van der Waals surface area (Å²) in [5, 5.41) is 0. The van der Waals surface area contributed by atoms with Crippen molar-refractivity contribution in [3.63, 3.8) is 0 Å². The number of sulfone groups is 1. The maximum absolute atomic E-state index is 12.0. The largest absolute Gasteiger partial charge is 0.492 e. The first kappa shape index (κ1) is 17.5. The number of rotatable bonds is 5. The predicted octanol–water partition coefficient (Wildman–Crippen LogP) is 3.06. The number of halogens is 1. The molecule has 0 unspecified atom stereocenters. The Morgan fingerprint density at radius 2 is 1.95 bits per heavy atom. The molecule has 0 aliphatic carbocycles. The maximum atomic E-state index is 12.0. The summed E-state index contributed by atoms with van der Waals surface area (Å²) in [5.74, 6) is 0.623. The van der Waals surface area contributed by atoms with E-state index in [-0.39, 0.29) is 18.4 Å². The van der Waals surface area contributed by atoms with Gasteiger partial charge in [-0.05, 0) is 45.9 Å². The molecule has 114 valence electrons. The summed E-state index contributed by atoms with van der Waals surface area (Å²) in [6.07, 6.45) is 0. The lowest BCUT2D eigenvalue weighted by Crippen LogP contribution is -2.32. The van der Waals surface area contributed by atoms with E-state index in [2.05, 4.69) is 15.9 Å². The van der Waals surface area contributed by atoms with Gasteiger partial charge < -0.3 is 10.5 Å². The summed E-state index contributed by atoms with van der Waals surface area (Å²) in [6.45, 7) is 7.06. The quantitative estimate of drug-likeness (QED) is 0.872.